The molecule has 0 amide bonds. The van der Waals surface area contributed by atoms with Crippen LogP contribution in [0.4, 0.5) is 13.2 Å². The molecule has 1 rings (SSSR count). The van der Waals surface area contributed by atoms with Gasteiger partial charge >= 0.3 is 6.18 Å². The Morgan fingerprint density at radius 3 is 2.75 bits per heavy atom. The number of nitrogens with zero attached hydrogens (tertiary/aromatic N) is 3. The van der Waals surface area contributed by atoms with Gasteiger partial charge in [0.25, 0.3) is 0 Å². The van der Waals surface area contributed by atoms with E-state index >= 15 is 0 Å². The zero-order valence-corrected chi connectivity index (χ0v) is 8.44. The first-order valence-electron chi connectivity index (χ1n) is 4.41. The summed E-state index contributed by atoms with van der Waals surface area (Å²) in [4.78, 5) is 0. The molecule has 0 spiro atoms. The minimum absolute atomic E-state index is 0.0518. The van der Waals surface area contributed by atoms with Gasteiger partial charge in [0.1, 0.15) is 5.84 Å². The number of aromatic nitrogens is 2. The summed E-state index contributed by atoms with van der Waals surface area (Å²) in [5.41, 5.74) is 4.47. The SMILES string of the molecule is CC(Cn1cc(C(F)(F)F)cn1)C(N)=NO. The summed E-state index contributed by atoms with van der Waals surface area (Å²) in [5, 5.41) is 14.7. The van der Waals surface area contributed by atoms with Crippen LogP contribution in [0.1, 0.15) is 12.5 Å². The highest BCUT2D eigenvalue weighted by molar-refractivity contribution is 5.81. The molecule has 0 radical (unpaired) electrons. The van der Waals surface area contributed by atoms with Crippen LogP contribution in [-0.2, 0) is 12.7 Å². The van der Waals surface area contributed by atoms with Crippen molar-refractivity contribution in [3.05, 3.63) is 18.0 Å². The van der Waals surface area contributed by atoms with Crippen molar-refractivity contribution in [3.63, 3.8) is 0 Å². The zero-order valence-electron chi connectivity index (χ0n) is 8.44. The van der Waals surface area contributed by atoms with Crippen LogP contribution in [0.5, 0.6) is 0 Å². The molecule has 0 aliphatic heterocycles. The fourth-order valence-electron chi connectivity index (χ4n) is 1.08. The second kappa shape index (κ2) is 4.42. The van der Waals surface area contributed by atoms with Crippen molar-refractivity contribution in [3.8, 4) is 0 Å². The molecule has 1 heterocycles. The van der Waals surface area contributed by atoms with Gasteiger partial charge in [0.05, 0.1) is 18.3 Å². The molecule has 1 atom stereocenters. The molecule has 0 fully saturated rings. The molecule has 5 nitrogen and oxygen atoms in total. The van der Waals surface area contributed by atoms with Gasteiger partial charge in [-0.15, -0.1) is 0 Å². The van der Waals surface area contributed by atoms with Crippen LogP contribution in [-0.4, -0.2) is 20.8 Å². The third-order valence-corrected chi connectivity index (χ3v) is 2.04. The van der Waals surface area contributed by atoms with Crippen LogP contribution in [0.3, 0.4) is 0 Å². The van der Waals surface area contributed by atoms with Gasteiger partial charge in [0.2, 0.25) is 0 Å². The highest BCUT2D eigenvalue weighted by Gasteiger charge is 2.32. The van der Waals surface area contributed by atoms with Crippen LogP contribution in [0, 0.1) is 5.92 Å². The smallest absolute Gasteiger partial charge is 0.409 e. The molecule has 0 saturated carbocycles. The van der Waals surface area contributed by atoms with Gasteiger partial charge < -0.3 is 10.9 Å². The lowest BCUT2D eigenvalue weighted by atomic mass is 10.1. The summed E-state index contributed by atoms with van der Waals surface area (Å²) in [6.07, 6.45) is -2.79. The lowest BCUT2D eigenvalue weighted by Crippen LogP contribution is -2.25. The third kappa shape index (κ3) is 2.88. The fourth-order valence-corrected chi connectivity index (χ4v) is 1.08. The Morgan fingerprint density at radius 1 is 1.69 bits per heavy atom. The van der Waals surface area contributed by atoms with E-state index in [-0.39, 0.29) is 12.4 Å². The summed E-state index contributed by atoms with van der Waals surface area (Å²) < 4.78 is 37.8. The van der Waals surface area contributed by atoms with Crippen LogP contribution in [0.2, 0.25) is 0 Å². The van der Waals surface area contributed by atoms with Crippen LogP contribution in [0.15, 0.2) is 17.5 Å². The Bertz CT molecular complexity index is 385. The predicted octanol–water partition coefficient (Wildman–Crippen LogP) is 1.28. The Kier molecular flexibility index (Phi) is 3.41. The first-order chi connectivity index (χ1) is 7.34. The molecule has 0 aliphatic rings. The number of halogens is 3. The van der Waals surface area contributed by atoms with Crippen molar-refractivity contribution in [1.82, 2.24) is 9.78 Å². The maximum absolute atomic E-state index is 12.2. The van der Waals surface area contributed by atoms with Crippen molar-refractivity contribution in [2.75, 3.05) is 0 Å². The van der Waals surface area contributed by atoms with E-state index in [0.29, 0.717) is 0 Å². The molecular weight excluding hydrogens is 225 g/mol. The second-order valence-electron chi connectivity index (χ2n) is 3.37. The lowest BCUT2D eigenvalue weighted by molar-refractivity contribution is -0.137. The van der Waals surface area contributed by atoms with Crippen LogP contribution >= 0.6 is 0 Å². The van der Waals surface area contributed by atoms with Crippen molar-refractivity contribution >= 4 is 5.84 Å². The van der Waals surface area contributed by atoms with Gasteiger partial charge in [-0.2, -0.15) is 18.3 Å². The third-order valence-electron chi connectivity index (χ3n) is 2.04. The van der Waals surface area contributed by atoms with Gasteiger partial charge in [0, 0.05) is 12.1 Å². The summed E-state index contributed by atoms with van der Waals surface area (Å²) >= 11 is 0. The first-order valence-corrected chi connectivity index (χ1v) is 4.41. The summed E-state index contributed by atoms with van der Waals surface area (Å²) in [6.45, 7) is 1.73. The maximum atomic E-state index is 12.2. The lowest BCUT2D eigenvalue weighted by Gasteiger charge is -2.09. The molecule has 0 saturated heterocycles. The summed E-state index contributed by atoms with van der Waals surface area (Å²) in [7, 11) is 0. The van der Waals surface area contributed by atoms with Crippen LogP contribution < -0.4 is 5.73 Å². The Hall–Kier alpha value is -1.73. The topological polar surface area (TPSA) is 76.4 Å². The van der Waals surface area contributed by atoms with Crippen molar-refractivity contribution < 1.29 is 18.4 Å². The predicted molar refractivity (Wildman–Crippen MR) is 49.8 cm³/mol. The standard InChI is InChI=1S/C8H11F3N4O/c1-5(7(12)14-16)3-15-4-6(2-13-15)8(9,10)11/h2,4-5,16H,3H2,1H3,(H2,12,14). The number of hydrogen-bond donors (Lipinski definition) is 2. The quantitative estimate of drug-likeness (QED) is 0.359. The number of alkyl halides is 3. The van der Waals surface area contributed by atoms with Gasteiger partial charge in [-0.05, 0) is 0 Å². The van der Waals surface area contributed by atoms with E-state index in [1.807, 2.05) is 0 Å². The molecule has 0 aliphatic carbocycles. The van der Waals surface area contributed by atoms with E-state index in [1.165, 1.54) is 0 Å². The van der Waals surface area contributed by atoms with Gasteiger partial charge in [-0.25, -0.2) is 0 Å². The molecule has 0 bridgehead atoms. The monoisotopic (exact) mass is 236 g/mol. The Labute approximate surface area is 89.3 Å². The Morgan fingerprint density at radius 2 is 2.31 bits per heavy atom. The molecule has 0 aromatic carbocycles. The van der Waals surface area contributed by atoms with Gasteiger partial charge in [0.15, 0.2) is 0 Å². The summed E-state index contributed by atoms with van der Waals surface area (Å²) in [5.74, 6) is -0.449. The largest absolute Gasteiger partial charge is 0.419 e. The highest BCUT2D eigenvalue weighted by atomic mass is 19.4. The average molecular weight is 236 g/mol. The molecule has 8 heteroatoms. The van der Waals surface area contributed by atoms with E-state index in [0.717, 1.165) is 17.1 Å². The van der Waals surface area contributed by atoms with E-state index in [4.69, 9.17) is 10.9 Å². The van der Waals surface area contributed by atoms with E-state index < -0.39 is 17.7 Å². The summed E-state index contributed by atoms with van der Waals surface area (Å²) in [6, 6.07) is 0. The van der Waals surface area contributed by atoms with E-state index in [1.54, 1.807) is 6.92 Å². The molecule has 90 valence electrons. The second-order valence-corrected chi connectivity index (χ2v) is 3.37. The number of nitrogens with two attached hydrogens (primary N) is 1. The molecule has 16 heavy (non-hydrogen) atoms. The van der Waals surface area contributed by atoms with E-state index in [9.17, 15) is 13.2 Å². The van der Waals surface area contributed by atoms with Crippen LogP contribution in [0.25, 0.3) is 0 Å². The van der Waals surface area contributed by atoms with Gasteiger partial charge in [-0.3, -0.25) is 4.68 Å². The number of amidine groups is 1. The van der Waals surface area contributed by atoms with Crippen molar-refractivity contribution in [2.24, 2.45) is 16.8 Å². The molecule has 1 aromatic rings. The number of hydrogen-bond acceptors (Lipinski definition) is 3. The fraction of sp³-hybridized carbons (Fsp3) is 0.500. The average Bonchev–Trinajstić information content (AvgIpc) is 2.64. The van der Waals surface area contributed by atoms with Crippen molar-refractivity contribution in [1.29, 1.82) is 0 Å². The Balaban J connectivity index is 2.73. The molecule has 1 unspecified atom stereocenters. The number of oxime groups is 1. The first kappa shape index (κ1) is 12.3. The molecular formula is C8H11F3N4O. The normalized spacial score (nSPS) is 15.1. The van der Waals surface area contributed by atoms with E-state index in [2.05, 4.69) is 10.3 Å². The van der Waals surface area contributed by atoms with Crippen molar-refractivity contribution in [2.45, 2.75) is 19.6 Å². The molecule has 3 N–H and O–H groups in total. The minimum atomic E-state index is -4.40. The number of rotatable bonds is 3. The molecule has 1 aromatic heterocycles. The highest BCUT2D eigenvalue weighted by Crippen LogP contribution is 2.28. The zero-order chi connectivity index (χ0) is 12.3. The van der Waals surface area contributed by atoms with Gasteiger partial charge in [-0.1, -0.05) is 12.1 Å². The maximum Gasteiger partial charge on any atom is 0.419 e. The minimum Gasteiger partial charge on any atom is -0.409 e.